The Morgan fingerprint density at radius 2 is 1.94 bits per heavy atom. The first-order chi connectivity index (χ1) is 8.20. The molecule has 0 spiro atoms. The molecule has 88 valence electrons. The largest absolute Gasteiger partial charge is 0.366 e. The van der Waals surface area contributed by atoms with Crippen molar-refractivity contribution in [2.24, 2.45) is 0 Å². The minimum absolute atomic E-state index is 0.202. The quantitative estimate of drug-likeness (QED) is 0.877. The average molecular weight is 228 g/mol. The number of nitrogens with two attached hydrogens (primary N) is 1. The summed E-state index contributed by atoms with van der Waals surface area (Å²) in [7, 11) is 0. The zero-order valence-corrected chi connectivity index (χ0v) is 10.1. The Labute approximate surface area is 101 Å². The fourth-order valence-corrected chi connectivity index (χ4v) is 1.67. The molecule has 0 amide bonds. The minimum atomic E-state index is 0.202. The van der Waals surface area contributed by atoms with E-state index in [9.17, 15) is 0 Å². The lowest BCUT2D eigenvalue weighted by atomic mass is 9.97. The second kappa shape index (κ2) is 4.91. The number of rotatable bonds is 3. The number of hydrogen-bond acceptors (Lipinski definition) is 4. The molecule has 4 heteroatoms. The van der Waals surface area contributed by atoms with Crippen LogP contribution < -0.4 is 5.73 Å². The van der Waals surface area contributed by atoms with Crippen molar-refractivity contribution in [1.29, 1.82) is 0 Å². The van der Waals surface area contributed by atoms with Gasteiger partial charge in [0.2, 0.25) is 5.95 Å². The van der Waals surface area contributed by atoms with Gasteiger partial charge in [0.1, 0.15) is 0 Å². The van der Waals surface area contributed by atoms with Gasteiger partial charge in [-0.05, 0) is 17.9 Å². The van der Waals surface area contributed by atoms with Crippen molar-refractivity contribution in [3.8, 4) is 11.3 Å². The van der Waals surface area contributed by atoms with E-state index in [0.717, 1.165) is 17.7 Å². The lowest BCUT2D eigenvalue weighted by Crippen LogP contribution is -1.98. The molecule has 0 bridgehead atoms. The van der Waals surface area contributed by atoms with Crippen molar-refractivity contribution in [2.75, 3.05) is 5.73 Å². The molecule has 1 aromatic heterocycles. The summed E-state index contributed by atoms with van der Waals surface area (Å²) in [6.07, 6.45) is 2.76. The second-order valence-electron chi connectivity index (χ2n) is 4.13. The lowest BCUT2D eigenvalue weighted by molar-refractivity contribution is 0.734. The predicted molar refractivity (Wildman–Crippen MR) is 68.4 cm³/mol. The standard InChI is InChI=1S/C13H16N4/c1-3-9(2)10-4-6-11(7-5-10)12-8-15-17-13(14)16-12/h4-9H,3H2,1-2H3,(H2,14,16,17). The van der Waals surface area contributed by atoms with Crippen LogP contribution in [-0.4, -0.2) is 15.2 Å². The van der Waals surface area contributed by atoms with E-state index in [1.165, 1.54) is 5.56 Å². The van der Waals surface area contributed by atoms with Gasteiger partial charge in [0.05, 0.1) is 11.9 Å². The number of anilines is 1. The summed E-state index contributed by atoms with van der Waals surface area (Å²) in [4.78, 5) is 4.14. The third kappa shape index (κ3) is 2.58. The molecule has 0 radical (unpaired) electrons. The molecule has 2 aromatic rings. The highest BCUT2D eigenvalue weighted by Crippen LogP contribution is 2.22. The topological polar surface area (TPSA) is 64.7 Å². The first kappa shape index (κ1) is 11.5. The number of aromatic nitrogens is 3. The highest BCUT2D eigenvalue weighted by Gasteiger charge is 2.05. The highest BCUT2D eigenvalue weighted by atomic mass is 15.2. The van der Waals surface area contributed by atoms with Gasteiger partial charge in [-0.1, -0.05) is 38.1 Å². The van der Waals surface area contributed by atoms with Crippen molar-refractivity contribution in [1.82, 2.24) is 15.2 Å². The van der Waals surface area contributed by atoms with Crippen molar-refractivity contribution >= 4 is 5.95 Å². The highest BCUT2D eigenvalue weighted by molar-refractivity contribution is 5.59. The van der Waals surface area contributed by atoms with Crippen molar-refractivity contribution in [2.45, 2.75) is 26.2 Å². The maximum absolute atomic E-state index is 5.51. The Bertz CT molecular complexity index is 493. The number of nitrogen functional groups attached to an aromatic ring is 1. The molecule has 0 fully saturated rings. The van der Waals surface area contributed by atoms with Crippen LogP contribution in [0.15, 0.2) is 30.5 Å². The van der Waals surface area contributed by atoms with Crippen LogP contribution in [0.5, 0.6) is 0 Å². The van der Waals surface area contributed by atoms with E-state index in [1.807, 2.05) is 12.1 Å². The summed E-state index contributed by atoms with van der Waals surface area (Å²) < 4.78 is 0. The molecule has 0 saturated carbocycles. The Balaban J connectivity index is 2.29. The van der Waals surface area contributed by atoms with Gasteiger partial charge < -0.3 is 5.73 Å². The van der Waals surface area contributed by atoms with Gasteiger partial charge in [-0.15, -0.1) is 5.10 Å². The van der Waals surface area contributed by atoms with Crippen LogP contribution in [-0.2, 0) is 0 Å². The normalized spacial score (nSPS) is 12.4. The van der Waals surface area contributed by atoms with E-state index < -0.39 is 0 Å². The molecular weight excluding hydrogens is 212 g/mol. The zero-order chi connectivity index (χ0) is 12.3. The van der Waals surface area contributed by atoms with Crippen LogP contribution in [0.2, 0.25) is 0 Å². The summed E-state index contributed by atoms with van der Waals surface area (Å²) in [6, 6.07) is 8.35. The third-order valence-electron chi connectivity index (χ3n) is 2.96. The molecule has 0 aliphatic carbocycles. The number of hydrogen-bond donors (Lipinski definition) is 1. The minimum Gasteiger partial charge on any atom is -0.366 e. The lowest BCUT2D eigenvalue weighted by Gasteiger charge is -2.09. The Kier molecular flexibility index (Phi) is 3.32. The van der Waals surface area contributed by atoms with Crippen molar-refractivity contribution in [3.63, 3.8) is 0 Å². The Morgan fingerprint density at radius 1 is 1.24 bits per heavy atom. The van der Waals surface area contributed by atoms with Gasteiger partial charge in [-0.3, -0.25) is 0 Å². The fourth-order valence-electron chi connectivity index (χ4n) is 1.67. The molecule has 1 atom stereocenters. The van der Waals surface area contributed by atoms with Crippen molar-refractivity contribution < 1.29 is 0 Å². The predicted octanol–water partition coefficient (Wildman–Crippen LogP) is 2.63. The monoisotopic (exact) mass is 228 g/mol. The molecule has 1 heterocycles. The van der Waals surface area contributed by atoms with Gasteiger partial charge in [-0.25, -0.2) is 4.98 Å². The number of nitrogens with zero attached hydrogens (tertiary/aromatic N) is 3. The molecule has 0 saturated heterocycles. The maximum atomic E-state index is 5.51. The van der Waals surface area contributed by atoms with Crippen molar-refractivity contribution in [3.05, 3.63) is 36.0 Å². The third-order valence-corrected chi connectivity index (χ3v) is 2.96. The molecular formula is C13H16N4. The molecule has 2 rings (SSSR count). The van der Waals surface area contributed by atoms with Crippen LogP contribution in [0.3, 0.4) is 0 Å². The van der Waals surface area contributed by atoms with E-state index in [1.54, 1.807) is 6.20 Å². The molecule has 0 aliphatic heterocycles. The molecule has 0 aliphatic rings. The molecule has 2 N–H and O–H groups in total. The van der Waals surface area contributed by atoms with Crippen LogP contribution in [0.1, 0.15) is 31.7 Å². The van der Waals surface area contributed by atoms with Gasteiger partial charge in [0.15, 0.2) is 0 Å². The Hall–Kier alpha value is -1.97. The number of benzene rings is 1. The maximum Gasteiger partial charge on any atom is 0.240 e. The van der Waals surface area contributed by atoms with Crippen LogP contribution in [0, 0.1) is 0 Å². The Morgan fingerprint density at radius 3 is 2.53 bits per heavy atom. The van der Waals surface area contributed by atoms with Gasteiger partial charge in [-0.2, -0.15) is 5.10 Å². The molecule has 17 heavy (non-hydrogen) atoms. The van der Waals surface area contributed by atoms with Crippen LogP contribution in [0.25, 0.3) is 11.3 Å². The summed E-state index contributed by atoms with van der Waals surface area (Å²) in [5.41, 5.74) is 8.62. The van der Waals surface area contributed by atoms with E-state index >= 15 is 0 Å². The van der Waals surface area contributed by atoms with Crippen LogP contribution in [0.4, 0.5) is 5.95 Å². The smallest absolute Gasteiger partial charge is 0.240 e. The molecule has 1 unspecified atom stereocenters. The van der Waals surface area contributed by atoms with E-state index in [4.69, 9.17) is 5.73 Å². The molecule has 4 nitrogen and oxygen atoms in total. The summed E-state index contributed by atoms with van der Waals surface area (Å²) in [6.45, 7) is 4.41. The average Bonchev–Trinajstić information content (AvgIpc) is 2.38. The summed E-state index contributed by atoms with van der Waals surface area (Å²) >= 11 is 0. The van der Waals surface area contributed by atoms with E-state index in [-0.39, 0.29) is 5.95 Å². The van der Waals surface area contributed by atoms with Crippen LogP contribution >= 0.6 is 0 Å². The molecule has 1 aromatic carbocycles. The van der Waals surface area contributed by atoms with Gasteiger partial charge in [0.25, 0.3) is 0 Å². The van der Waals surface area contributed by atoms with E-state index in [0.29, 0.717) is 5.92 Å². The SMILES string of the molecule is CCC(C)c1ccc(-c2cnnc(N)n2)cc1. The first-order valence-corrected chi connectivity index (χ1v) is 5.76. The van der Waals surface area contributed by atoms with E-state index in [2.05, 4.69) is 41.2 Å². The fraction of sp³-hybridized carbons (Fsp3) is 0.308. The second-order valence-corrected chi connectivity index (χ2v) is 4.13. The van der Waals surface area contributed by atoms with Gasteiger partial charge >= 0.3 is 0 Å². The summed E-state index contributed by atoms with van der Waals surface area (Å²) in [5.74, 6) is 0.783. The summed E-state index contributed by atoms with van der Waals surface area (Å²) in [5, 5.41) is 7.44. The first-order valence-electron chi connectivity index (χ1n) is 5.76. The zero-order valence-electron chi connectivity index (χ0n) is 10.1. The van der Waals surface area contributed by atoms with Gasteiger partial charge in [0, 0.05) is 5.56 Å².